The molecule has 0 radical (unpaired) electrons. The first-order valence-corrected chi connectivity index (χ1v) is 3.55. The van der Waals surface area contributed by atoms with E-state index in [-0.39, 0.29) is 5.97 Å². The third-order valence-corrected chi connectivity index (χ3v) is 0.348. The molecule has 5 heteroatoms. The Balaban J connectivity index is 0. The standard InChI is InChI=1S/C4H8O2.CH3Cl2N/c1-3-6-4(2)5;2-1(3)4/h3H2,1-2H3;1H,4H2. The summed E-state index contributed by atoms with van der Waals surface area (Å²) >= 11 is 9.64. The van der Waals surface area contributed by atoms with Gasteiger partial charge in [-0.3, -0.25) is 4.79 Å². The maximum Gasteiger partial charge on any atom is 0.302 e. The number of hydrogen-bond acceptors (Lipinski definition) is 3. The first-order valence-electron chi connectivity index (χ1n) is 2.67. The topological polar surface area (TPSA) is 52.3 Å². The van der Waals surface area contributed by atoms with Crippen molar-refractivity contribution in [2.75, 3.05) is 6.61 Å². The van der Waals surface area contributed by atoms with Crippen molar-refractivity contribution < 1.29 is 9.53 Å². The Morgan fingerprint density at radius 1 is 1.70 bits per heavy atom. The molecule has 0 fully saturated rings. The highest BCUT2D eigenvalue weighted by atomic mass is 35.5. The normalized spacial score (nSPS) is 8.20. The van der Waals surface area contributed by atoms with Gasteiger partial charge in [0.25, 0.3) is 0 Å². The summed E-state index contributed by atoms with van der Waals surface area (Å²) in [6.45, 7) is 3.65. The van der Waals surface area contributed by atoms with Crippen molar-refractivity contribution in [2.45, 2.75) is 18.8 Å². The summed E-state index contributed by atoms with van der Waals surface area (Å²) in [4.78, 5) is 9.10. The van der Waals surface area contributed by atoms with Gasteiger partial charge < -0.3 is 10.5 Å². The highest BCUT2D eigenvalue weighted by molar-refractivity contribution is 6.43. The van der Waals surface area contributed by atoms with Crippen LogP contribution in [0, 0.1) is 0 Å². The third-order valence-electron chi connectivity index (χ3n) is 0.348. The summed E-state index contributed by atoms with van der Waals surface area (Å²) in [6.07, 6.45) is 0. The van der Waals surface area contributed by atoms with Gasteiger partial charge in [-0.25, -0.2) is 0 Å². The SMILES string of the molecule is CCOC(C)=O.NC(Cl)Cl. The largest absolute Gasteiger partial charge is 0.466 e. The first-order chi connectivity index (χ1) is 4.50. The van der Waals surface area contributed by atoms with Crippen molar-refractivity contribution in [2.24, 2.45) is 5.73 Å². The summed E-state index contributed by atoms with van der Waals surface area (Å²) in [5.41, 5.74) is 4.64. The molecular weight excluding hydrogens is 177 g/mol. The molecule has 62 valence electrons. The van der Waals surface area contributed by atoms with Gasteiger partial charge in [-0.15, -0.1) is 0 Å². The predicted octanol–water partition coefficient (Wildman–Crippen LogP) is 1.28. The van der Waals surface area contributed by atoms with E-state index in [0.717, 1.165) is 0 Å². The second-order valence-electron chi connectivity index (χ2n) is 1.26. The fourth-order valence-electron chi connectivity index (χ4n) is 0.203. The number of hydrogen-bond donors (Lipinski definition) is 1. The van der Waals surface area contributed by atoms with E-state index in [9.17, 15) is 4.79 Å². The third kappa shape index (κ3) is 43.4. The molecular formula is C5H11Cl2NO2. The van der Waals surface area contributed by atoms with Crippen LogP contribution in [-0.2, 0) is 9.53 Å². The second kappa shape index (κ2) is 9.01. The van der Waals surface area contributed by atoms with Crippen LogP contribution in [0.5, 0.6) is 0 Å². The fraction of sp³-hybridized carbons (Fsp3) is 0.800. The van der Waals surface area contributed by atoms with Crippen molar-refractivity contribution in [3.63, 3.8) is 0 Å². The number of ether oxygens (including phenoxy) is 1. The molecule has 0 atom stereocenters. The zero-order chi connectivity index (χ0) is 8.57. The molecule has 0 aliphatic carbocycles. The molecule has 0 saturated heterocycles. The van der Waals surface area contributed by atoms with E-state index in [1.165, 1.54) is 6.92 Å². The summed E-state index contributed by atoms with van der Waals surface area (Å²) < 4.78 is 4.40. The molecule has 10 heavy (non-hydrogen) atoms. The van der Waals surface area contributed by atoms with E-state index in [1.54, 1.807) is 6.92 Å². The lowest BCUT2D eigenvalue weighted by Crippen LogP contribution is -1.99. The van der Waals surface area contributed by atoms with Gasteiger partial charge in [-0.05, 0) is 6.92 Å². The first kappa shape index (κ1) is 12.7. The van der Waals surface area contributed by atoms with E-state index < -0.39 is 4.96 Å². The van der Waals surface area contributed by atoms with Crippen LogP contribution in [0.25, 0.3) is 0 Å². The van der Waals surface area contributed by atoms with Crippen LogP contribution in [0.1, 0.15) is 13.8 Å². The minimum absolute atomic E-state index is 0.211. The molecule has 3 nitrogen and oxygen atoms in total. The van der Waals surface area contributed by atoms with E-state index in [1.807, 2.05) is 0 Å². The maximum absolute atomic E-state index is 9.82. The average molecular weight is 188 g/mol. The molecule has 0 amide bonds. The fourth-order valence-corrected chi connectivity index (χ4v) is 0.203. The lowest BCUT2D eigenvalue weighted by atomic mass is 10.8. The van der Waals surface area contributed by atoms with Gasteiger partial charge in [0.1, 0.15) is 0 Å². The molecule has 0 aliphatic heterocycles. The smallest absolute Gasteiger partial charge is 0.302 e. The number of nitrogens with two attached hydrogens (primary N) is 1. The van der Waals surface area contributed by atoms with Crippen LogP contribution in [0.15, 0.2) is 0 Å². The Hall–Kier alpha value is 0.01000. The van der Waals surface area contributed by atoms with Gasteiger partial charge in [0.15, 0.2) is 4.96 Å². The summed E-state index contributed by atoms with van der Waals surface area (Å²) in [5, 5.41) is 0. The van der Waals surface area contributed by atoms with Crippen LogP contribution < -0.4 is 5.73 Å². The number of carbonyl (C=O) groups is 1. The highest BCUT2D eigenvalue weighted by Gasteiger charge is 1.81. The zero-order valence-electron chi connectivity index (χ0n) is 5.93. The van der Waals surface area contributed by atoms with Gasteiger partial charge in [-0.2, -0.15) is 0 Å². The van der Waals surface area contributed by atoms with E-state index in [0.29, 0.717) is 6.61 Å². The monoisotopic (exact) mass is 187 g/mol. The Morgan fingerprint density at radius 3 is 2.00 bits per heavy atom. The lowest BCUT2D eigenvalue weighted by molar-refractivity contribution is -0.140. The number of rotatable bonds is 1. The molecule has 0 rings (SSSR count). The molecule has 0 bridgehead atoms. The molecule has 0 unspecified atom stereocenters. The van der Waals surface area contributed by atoms with Crippen LogP contribution in [0.3, 0.4) is 0 Å². The maximum atomic E-state index is 9.82. The number of esters is 1. The Bertz CT molecular complexity index is 85.0. The Kier molecular flexibility index (Phi) is 11.4. The second-order valence-corrected chi connectivity index (χ2v) is 2.42. The summed E-state index contributed by atoms with van der Waals surface area (Å²) in [5.74, 6) is -0.211. The molecule has 2 N–H and O–H groups in total. The van der Waals surface area contributed by atoms with Crippen LogP contribution in [-0.4, -0.2) is 17.5 Å². The average Bonchev–Trinajstić information content (AvgIpc) is 1.62. The predicted molar refractivity (Wildman–Crippen MR) is 42.0 cm³/mol. The summed E-state index contributed by atoms with van der Waals surface area (Å²) in [7, 11) is 0. The van der Waals surface area contributed by atoms with Gasteiger partial charge in [0.05, 0.1) is 6.61 Å². The quantitative estimate of drug-likeness (QED) is 0.383. The Labute approximate surface area is 70.4 Å². The minimum Gasteiger partial charge on any atom is -0.466 e. The van der Waals surface area contributed by atoms with Crippen molar-refractivity contribution in [3.05, 3.63) is 0 Å². The number of halogens is 2. The van der Waals surface area contributed by atoms with Gasteiger partial charge in [0, 0.05) is 6.92 Å². The number of alkyl halides is 2. The van der Waals surface area contributed by atoms with E-state index >= 15 is 0 Å². The molecule has 0 heterocycles. The van der Waals surface area contributed by atoms with E-state index in [4.69, 9.17) is 23.2 Å². The van der Waals surface area contributed by atoms with Crippen molar-refractivity contribution >= 4 is 29.2 Å². The van der Waals surface area contributed by atoms with Crippen LogP contribution >= 0.6 is 23.2 Å². The van der Waals surface area contributed by atoms with Crippen molar-refractivity contribution in [3.8, 4) is 0 Å². The Morgan fingerprint density at radius 2 is 2.00 bits per heavy atom. The molecule has 0 aromatic rings. The lowest BCUT2D eigenvalue weighted by Gasteiger charge is -1.89. The van der Waals surface area contributed by atoms with E-state index in [2.05, 4.69) is 10.5 Å². The summed E-state index contributed by atoms with van der Waals surface area (Å²) in [6, 6.07) is 0. The molecule has 0 aromatic heterocycles. The van der Waals surface area contributed by atoms with Gasteiger partial charge in [0.2, 0.25) is 0 Å². The molecule has 0 aliphatic rings. The molecule has 0 aromatic carbocycles. The molecule has 0 spiro atoms. The van der Waals surface area contributed by atoms with Crippen molar-refractivity contribution in [1.29, 1.82) is 0 Å². The van der Waals surface area contributed by atoms with Gasteiger partial charge in [-0.1, -0.05) is 23.2 Å². The zero-order valence-corrected chi connectivity index (χ0v) is 7.45. The molecule has 0 saturated carbocycles. The van der Waals surface area contributed by atoms with Gasteiger partial charge >= 0.3 is 5.97 Å². The van der Waals surface area contributed by atoms with Crippen molar-refractivity contribution in [1.82, 2.24) is 0 Å². The highest BCUT2D eigenvalue weighted by Crippen LogP contribution is 1.86. The van der Waals surface area contributed by atoms with Crippen LogP contribution in [0.4, 0.5) is 0 Å². The number of carbonyl (C=O) groups excluding carboxylic acids is 1. The van der Waals surface area contributed by atoms with Crippen LogP contribution in [0.2, 0.25) is 0 Å². The minimum atomic E-state index is -0.722.